The summed E-state index contributed by atoms with van der Waals surface area (Å²) in [6, 6.07) is 15.1. The van der Waals surface area contributed by atoms with Crippen LogP contribution in [0.15, 0.2) is 67.0 Å². The molecule has 8 aromatic rings. The lowest BCUT2D eigenvalue weighted by molar-refractivity contribution is -0.148. The number of hydrogen-bond acceptors (Lipinski definition) is 16. The van der Waals surface area contributed by atoms with Gasteiger partial charge in [-0.15, -0.1) is 10.2 Å². The number of carbonyl (C=O) groups is 4. The van der Waals surface area contributed by atoms with Gasteiger partial charge in [-0.3, -0.25) is 19.2 Å². The van der Waals surface area contributed by atoms with Crippen LogP contribution in [-0.2, 0) is 31.9 Å². The number of tetrazole rings is 2. The summed E-state index contributed by atoms with van der Waals surface area (Å²) in [5.74, 6) is -6.53. The Hall–Kier alpha value is -9.68. The molecule has 0 saturated carbocycles. The number of pyridine rings is 2. The minimum Gasteiger partial charge on any atom is -0.352 e. The standard InChI is InChI=1S/C47H36Cl2F6N20O4/c1-5-58-40(76)30-14-25(18-56)11-22(2)36(30)62-43(79)34-17-29(21-73-45(47(53,54)55)65-69-71-73)67-75(34)39-35(49)27(8-10-60-39)13-24(4)61-41(77)31-15-26(19-57)12-23(3)37(31)63-42(78)33-16-28(20-72-44(46(50,51)52)64-68-70-72)66-74(33)38-32(48)7-6-9-59-38/h6-12,14-17,24H,5,13,20-21H2,1-4H3,(H,58,76)(H,61,77)(H,62,79)(H,63,78). The third kappa shape index (κ3) is 12.0. The first kappa shape index (κ1) is 55.5. The van der Waals surface area contributed by atoms with Crippen LogP contribution < -0.4 is 21.3 Å². The van der Waals surface area contributed by atoms with Crippen LogP contribution in [0.1, 0.15) is 106 Å². The third-order valence-corrected chi connectivity index (χ3v) is 12.1. The third-order valence-electron chi connectivity index (χ3n) is 11.4. The molecule has 6 aromatic heterocycles. The number of nitrogens with zero attached hydrogens (tertiary/aromatic N) is 16. The molecule has 0 aliphatic carbocycles. The Bertz CT molecular complexity index is 3800. The number of carbonyl (C=O) groups excluding carboxylic acids is 4. The molecule has 0 radical (unpaired) electrons. The lowest BCUT2D eigenvalue weighted by Crippen LogP contribution is -2.35. The highest BCUT2D eigenvalue weighted by molar-refractivity contribution is 6.33. The van der Waals surface area contributed by atoms with Crippen molar-refractivity contribution in [2.24, 2.45) is 0 Å². The highest BCUT2D eigenvalue weighted by Crippen LogP contribution is 2.32. The zero-order valence-electron chi connectivity index (χ0n) is 41.1. The predicted molar refractivity (Wildman–Crippen MR) is 263 cm³/mol. The molecule has 2 aromatic carbocycles. The van der Waals surface area contributed by atoms with E-state index in [0.717, 1.165) is 21.5 Å². The van der Waals surface area contributed by atoms with E-state index in [0.29, 0.717) is 20.5 Å². The van der Waals surface area contributed by atoms with Crippen LogP contribution in [-0.4, -0.2) is 106 Å². The molecule has 0 aliphatic rings. The largest absolute Gasteiger partial charge is 0.453 e. The van der Waals surface area contributed by atoms with Gasteiger partial charge in [-0.1, -0.05) is 23.2 Å². The Morgan fingerprint density at radius 2 is 1.18 bits per heavy atom. The number of alkyl halides is 6. The number of rotatable bonds is 16. The molecule has 24 nitrogen and oxygen atoms in total. The minimum atomic E-state index is -4.98. The quantitative estimate of drug-likeness (QED) is 0.0778. The normalized spacial score (nSPS) is 11.9. The lowest BCUT2D eigenvalue weighted by Gasteiger charge is -2.19. The number of aryl methyl sites for hydroxylation is 2. The van der Waals surface area contributed by atoms with E-state index in [4.69, 9.17) is 23.2 Å². The summed E-state index contributed by atoms with van der Waals surface area (Å²) in [6.45, 7) is 5.12. The zero-order valence-corrected chi connectivity index (χ0v) is 42.6. The number of anilines is 2. The van der Waals surface area contributed by atoms with E-state index in [1.165, 1.54) is 68.7 Å². The van der Waals surface area contributed by atoms with Gasteiger partial charge in [-0.2, -0.15) is 47.1 Å². The van der Waals surface area contributed by atoms with Gasteiger partial charge in [0.2, 0.25) is 0 Å². The Labute approximate surface area is 450 Å². The van der Waals surface area contributed by atoms with Crippen molar-refractivity contribution in [3.05, 3.63) is 150 Å². The van der Waals surface area contributed by atoms with Crippen LogP contribution in [0, 0.1) is 36.5 Å². The maximum absolute atomic E-state index is 14.3. The van der Waals surface area contributed by atoms with E-state index in [1.807, 2.05) is 12.1 Å². The van der Waals surface area contributed by atoms with Crippen molar-refractivity contribution in [2.45, 2.75) is 65.6 Å². The Morgan fingerprint density at radius 3 is 1.66 bits per heavy atom. The molecule has 4 amide bonds. The number of amides is 4. The second kappa shape index (κ2) is 22.5. The molecule has 1 unspecified atom stereocenters. The van der Waals surface area contributed by atoms with E-state index >= 15 is 0 Å². The number of nitrogens with one attached hydrogen (secondary N) is 4. The molecule has 404 valence electrons. The Balaban J connectivity index is 1.09. The number of benzene rings is 2. The van der Waals surface area contributed by atoms with E-state index in [9.17, 15) is 56.0 Å². The van der Waals surface area contributed by atoms with Gasteiger partial charge in [0, 0.05) is 25.0 Å². The molecule has 0 fully saturated rings. The van der Waals surface area contributed by atoms with E-state index in [2.05, 4.69) is 72.5 Å². The Kier molecular flexibility index (Phi) is 15.8. The van der Waals surface area contributed by atoms with Gasteiger partial charge >= 0.3 is 12.4 Å². The molecular formula is C47H36Cl2F6N20O4. The fourth-order valence-corrected chi connectivity index (χ4v) is 8.46. The van der Waals surface area contributed by atoms with E-state index in [-0.39, 0.29) is 96.6 Å². The first-order valence-electron chi connectivity index (χ1n) is 22.9. The summed E-state index contributed by atoms with van der Waals surface area (Å²) in [6.07, 6.45) is -7.37. The maximum Gasteiger partial charge on any atom is 0.453 e. The smallest absolute Gasteiger partial charge is 0.352 e. The SMILES string of the molecule is CCNC(=O)c1cc(C#N)cc(C)c1NC(=O)c1cc(Cn2nnnc2C(F)(F)F)nn1-c1nccc(CC(C)NC(=O)c2cc(C#N)cc(C)c2NC(=O)c2cc(Cn3nnnc3C(F)(F)F)nn2-c2ncccc2Cl)c1Cl. The van der Waals surface area contributed by atoms with E-state index < -0.39 is 66.8 Å². The molecule has 0 spiro atoms. The van der Waals surface area contributed by atoms with Crippen molar-refractivity contribution in [3.8, 4) is 23.8 Å². The second-order valence-electron chi connectivity index (χ2n) is 17.1. The highest BCUT2D eigenvalue weighted by atomic mass is 35.5. The topological polar surface area (TPSA) is 313 Å². The molecule has 1 atom stereocenters. The maximum atomic E-state index is 14.3. The summed E-state index contributed by atoms with van der Waals surface area (Å²) in [5.41, 5.74) is -0.350. The Morgan fingerprint density at radius 1 is 0.684 bits per heavy atom. The summed E-state index contributed by atoms with van der Waals surface area (Å²) >= 11 is 13.4. The molecule has 8 rings (SSSR count). The first-order chi connectivity index (χ1) is 37.5. The zero-order chi connectivity index (χ0) is 57.1. The van der Waals surface area contributed by atoms with Crippen molar-refractivity contribution >= 4 is 58.2 Å². The summed E-state index contributed by atoms with van der Waals surface area (Å²) in [4.78, 5) is 64.6. The van der Waals surface area contributed by atoms with Gasteiger partial charge in [0.05, 0.1) is 80.3 Å². The van der Waals surface area contributed by atoms with Gasteiger partial charge in [0.15, 0.2) is 11.6 Å². The molecule has 4 N–H and O–H groups in total. The molecular weight excluding hydrogens is 1090 g/mol. The number of hydrogen-bond donors (Lipinski definition) is 4. The van der Waals surface area contributed by atoms with Gasteiger partial charge in [0.1, 0.15) is 11.4 Å². The van der Waals surface area contributed by atoms with Crippen molar-refractivity contribution in [3.63, 3.8) is 0 Å². The van der Waals surface area contributed by atoms with Crippen molar-refractivity contribution in [2.75, 3.05) is 17.2 Å². The number of aromatic nitrogens is 14. The summed E-state index contributed by atoms with van der Waals surface area (Å²) in [7, 11) is 0. The number of nitriles is 2. The molecule has 32 heteroatoms. The van der Waals surface area contributed by atoms with Crippen LogP contribution in [0.2, 0.25) is 10.0 Å². The summed E-state index contributed by atoms with van der Waals surface area (Å²) in [5, 5.41) is 58.0. The van der Waals surface area contributed by atoms with Crippen LogP contribution in [0.4, 0.5) is 37.7 Å². The minimum absolute atomic E-state index is 0.00144. The predicted octanol–water partition coefficient (Wildman–Crippen LogP) is 6.24. The second-order valence-corrected chi connectivity index (χ2v) is 17.9. The van der Waals surface area contributed by atoms with Crippen molar-refractivity contribution in [1.82, 2.24) is 80.6 Å². The fraction of sp³-hybridized carbons (Fsp3) is 0.234. The van der Waals surface area contributed by atoms with Crippen LogP contribution >= 0.6 is 23.2 Å². The van der Waals surface area contributed by atoms with Crippen LogP contribution in [0.3, 0.4) is 0 Å². The highest BCUT2D eigenvalue weighted by Gasteiger charge is 2.39. The van der Waals surface area contributed by atoms with Crippen LogP contribution in [0.25, 0.3) is 11.6 Å². The van der Waals surface area contributed by atoms with Gasteiger partial charge in [-0.05, 0) is 126 Å². The van der Waals surface area contributed by atoms with Crippen molar-refractivity contribution in [1.29, 1.82) is 10.5 Å². The average Bonchev–Trinajstić information content (AvgIpc) is 4.32. The first-order valence-corrected chi connectivity index (χ1v) is 23.7. The number of halogens is 8. The molecule has 79 heavy (non-hydrogen) atoms. The van der Waals surface area contributed by atoms with Gasteiger partial charge in [-0.25, -0.2) is 28.7 Å². The fourth-order valence-electron chi connectivity index (χ4n) is 7.99. The van der Waals surface area contributed by atoms with Gasteiger partial charge < -0.3 is 21.3 Å². The molecule has 0 aliphatic heterocycles. The monoisotopic (exact) mass is 1130 g/mol. The van der Waals surface area contributed by atoms with Crippen molar-refractivity contribution < 1.29 is 45.5 Å². The molecule has 0 bridgehead atoms. The van der Waals surface area contributed by atoms with E-state index in [1.54, 1.807) is 13.8 Å². The molecule has 0 saturated heterocycles. The van der Waals surface area contributed by atoms with Gasteiger partial charge in [0.25, 0.3) is 35.3 Å². The summed E-state index contributed by atoms with van der Waals surface area (Å²) < 4.78 is 85.4. The van der Waals surface area contributed by atoms with Crippen LogP contribution in [0.5, 0.6) is 0 Å². The molecule has 6 heterocycles. The average molecular weight is 1130 g/mol. The lowest BCUT2D eigenvalue weighted by atomic mass is 10.0.